The average Bonchev–Trinajstić information content (AvgIpc) is 2.15. The molecule has 1 aliphatic heterocycles. The first-order chi connectivity index (χ1) is 4.29. The van der Waals surface area contributed by atoms with Gasteiger partial charge in [0, 0.05) is 19.3 Å². The smallest absolute Gasteiger partial charge is 0.0495 e. The fourth-order valence-electron chi connectivity index (χ4n) is 1.30. The van der Waals surface area contributed by atoms with Gasteiger partial charge in [-0.15, -0.1) is 0 Å². The molecule has 1 aliphatic rings. The molecule has 9 heavy (non-hydrogen) atoms. The Balaban J connectivity index is 2.11. The van der Waals surface area contributed by atoms with E-state index in [9.17, 15) is 0 Å². The van der Waals surface area contributed by atoms with E-state index in [0.717, 1.165) is 25.6 Å². The molecular weight excluding hydrogens is 114 g/mol. The largest absolute Gasteiger partial charge is 0.381 e. The lowest BCUT2D eigenvalue weighted by Crippen LogP contribution is -2.19. The van der Waals surface area contributed by atoms with Crippen molar-refractivity contribution in [1.29, 1.82) is 0 Å². The lowest BCUT2D eigenvalue weighted by Gasteiger charge is -2.08. The molecule has 0 aromatic rings. The standard InChI is InChI=1S/C7H15NO/c1-6(8)4-7-2-3-9-5-7/h6-7H,2-5,8H2,1H3/t6-,7+/m0/s1. The highest BCUT2D eigenvalue weighted by Crippen LogP contribution is 2.16. The minimum Gasteiger partial charge on any atom is -0.381 e. The lowest BCUT2D eigenvalue weighted by molar-refractivity contribution is 0.183. The molecule has 0 saturated carbocycles. The fourth-order valence-corrected chi connectivity index (χ4v) is 1.30. The maximum Gasteiger partial charge on any atom is 0.0495 e. The monoisotopic (exact) mass is 129 g/mol. The lowest BCUT2D eigenvalue weighted by atomic mass is 10.0. The van der Waals surface area contributed by atoms with Gasteiger partial charge >= 0.3 is 0 Å². The third kappa shape index (κ3) is 2.33. The van der Waals surface area contributed by atoms with Crippen LogP contribution >= 0.6 is 0 Å². The zero-order valence-corrected chi connectivity index (χ0v) is 5.97. The first kappa shape index (κ1) is 7.03. The molecule has 2 atom stereocenters. The predicted molar refractivity (Wildman–Crippen MR) is 37.2 cm³/mol. The van der Waals surface area contributed by atoms with E-state index in [4.69, 9.17) is 10.5 Å². The van der Waals surface area contributed by atoms with Crippen LogP contribution in [0.1, 0.15) is 19.8 Å². The van der Waals surface area contributed by atoms with Crippen molar-refractivity contribution in [3.05, 3.63) is 0 Å². The number of hydrogen-bond acceptors (Lipinski definition) is 2. The van der Waals surface area contributed by atoms with E-state index in [2.05, 4.69) is 6.92 Å². The van der Waals surface area contributed by atoms with Crippen molar-refractivity contribution in [2.24, 2.45) is 11.7 Å². The first-order valence-electron chi connectivity index (χ1n) is 3.62. The number of rotatable bonds is 2. The van der Waals surface area contributed by atoms with Crippen LogP contribution in [0, 0.1) is 5.92 Å². The zero-order valence-electron chi connectivity index (χ0n) is 5.97. The summed E-state index contributed by atoms with van der Waals surface area (Å²) < 4.78 is 5.20. The summed E-state index contributed by atoms with van der Waals surface area (Å²) in [6.45, 7) is 3.93. The SMILES string of the molecule is C[C@H](N)C[C@H]1CCOC1. The summed E-state index contributed by atoms with van der Waals surface area (Å²) in [5, 5.41) is 0. The van der Waals surface area contributed by atoms with E-state index < -0.39 is 0 Å². The van der Waals surface area contributed by atoms with E-state index in [1.807, 2.05) is 0 Å². The molecule has 0 unspecified atom stereocenters. The number of ether oxygens (including phenoxy) is 1. The van der Waals surface area contributed by atoms with Gasteiger partial charge < -0.3 is 10.5 Å². The fraction of sp³-hybridized carbons (Fsp3) is 1.00. The summed E-state index contributed by atoms with van der Waals surface area (Å²) in [5.41, 5.74) is 5.62. The normalized spacial score (nSPS) is 30.7. The van der Waals surface area contributed by atoms with Gasteiger partial charge in [0.25, 0.3) is 0 Å². The van der Waals surface area contributed by atoms with Gasteiger partial charge in [0.1, 0.15) is 0 Å². The second-order valence-electron chi connectivity index (χ2n) is 2.94. The highest BCUT2D eigenvalue weighted by Gasteiger charge is 2.16. The van der Waals surface area contributed by atoms with Crippen molar-refractivity contribution >= 4 is 0 Å². The molecule has 2 heteroatoms. The molecule has 2 N–H and O–H groups in total. The Hall–Kier alpha value is -0.0800. The summed E-state index contributed by atoms with van der Waals surface area (Å²) in [7, 11) is 0. The van der Waals surface area contributed by atoms with Gasteiger partial charge in [-0.3, -0.25) is 0 Å². The third-order valence-corrected chi connectivity index (χ3v) is 1.73. The van der Waals surface area contributed by atoms with Gasteiger partial charge in [-0.25, -0.2) is 0 Å². The van der Waals surface area contributed by atoms with Crippen LogP contribution in [0.2, 0.25) is 0 Å². The summed E-state index contributed by atoms with van der Waals surface area (Å²) in [6, 6.07) is 0.344. The second kappa shape index (κ2) is 3.18. The summed E-state index contributed by atoms with van der Waals surface area (Å²) >= 11 is 0. The van der Waals surface area contributed by atoms with Crippen molar-refractivity contribution in [1.82, 2.24) is 0 Å². The minimum absolute atomic E-state index is 0.344. The van der Waals surface area contributed by atoms with Crippen LogP contribution < -0.4 is 5.73 Å². The minimum atomic E-state index is 0.344. The van der Waals surface area contributed by atoms with Gasteiger partial charge in [-0.1, -0.05) is 0 Å². The topological polar surface area (TPSA) is 35.2 Å². The van der Waals surface area contributed by atoms with Crippen molar-refractivity contribution in [3.63, 3.8) is 0 Å². The van der Waals surface area contributed by atoms with Crippen LogP contribution in [0.4, 0.5) is 0 Å². The Bertz CT molecular complexity index is 77.0. The van der Waals surface area contributed by atoms with E-state index >= 15 is 0 Å². The average molecular weight is 129 g/mol. The number of nitrogens with two attached hydrogens (primary N) is 1. The van der Waals surface area contributed by atoms with E-state index in [1.165, 1.54) is 6.42 Å². The Kier molecular flexibility index (Phi) is 2.49. The highest BCUT2D eigenvalue weighted by molar-refractivity contribution is 4.68. The molecular formula is C7H15NO. The van der Waals surface area contributed by atoms with Crippen molar-refractivity contribution < 1.29 is 4.74 Å². The van der Waals surface area contributed by atoms with E-state index in [-0.39, 0.29) is 0 Å². The Labute approximate surface area is 56.4 Å². The molecule has 0 aliphatic carbocycles. The molecule has 1 rings (SSSR count). The van der Waals surface area contributed by atoms with Gasteiger partial charge in [0.05, 0.1) is 0 Å². The zero-order chi connectivity index (χ0) is 6.69. The van der Waals surface area contributed by atoms with Gasteiger partial charge in [-0.05, 0) is 25.7 Å². The molecule has 2 nitrogen and oxygen atoms in total. The maximum atomic E-state index is 5.62. The van der Waals surface area contributed by atoms with E-state index in [1.54, 1.807) is 0 Å². The molecule has 0 bridgehead atoms. The molecule has 0 spiro atoms. The molecule has 1 saturated heterocycles. The predicted octanol–water partition coefficient (Wildman–Crippen LogP) is 0.760. The van der Waals surface area contributed by atoms with E-state index in [0.29, 0.717) is 6.04 Å². The summed E-state index contributed by atoms with van der Waals surface area (Å²) in [4.78, 5) is 0. The quantitative estimate of drug-likeness (QED) is 0.597. The van der Waals surface area contributed by atoms with Crippen LogP contribution in [-0.2, 0) is 4.74 Å². The van der Waals surface area contributed by atoms with Crippen LogP contribution in [0.15, 0.2) is 0 Å². The maximum absolute atomic E-state index is 5.62. The number of hydrogen-bond donors (Lipinski definition) is 1. The summed E-state index contributed by atoms with van der Waals surface area (Å²) in [6.07, 6.45) is 2.33. The molecule has 1 heterocycles. The van der Waals surface area contributed by atoms with Gasteiger partial charge in [0.15, 0.2) is 0 Å². The van der Waals surface area contributed by atoms with Crippen LogP contribution in [0.3, 0.4) is 0 Å². The summed E-state index contributed by atoms with van der Waals surface area (Å²) in [5.74, 6) is 0.741. The molecule has 54 valence electrons. The van der Waals surface area contributed by atoms with Gasteiger partial charge in [0.2, 0.25) is 0 Å². The van der Waals surface area contributed by atoms with Crippen LogP contribution in [-0.4, -0.2) is 19.3 Å². The first-order valence-corrected chi connectivity index (χ1v) is 3.62. The van der Waals surface area contributed by atoms with Gasteiger partial charge in [-0.2, -0.15) is 0 Å². The molecule has 0 radical (unpaired) electrons. The van der Waals surface area contributed by atoms with Crippen LogP contribution in [0.5, 0.6) is 0 Å². The Morgan fingerprint density at radius 1 is 1.78 bits per heavy atom. The van der Waals surface area contributed by atoms with Crippen LogP contribution in [0.25, 0.3) is 0 Å². The van der Waals surface area contributed by atoms with Crippen molar-refractivity contribution in [3.8, 4) is 0 Å². The Morgan fingerprint density at radius 3 is 3.00 bits per heavy atom. The molecule has 1 fully saturated rings. The second-order valence-corrected chi connectivity index (χ2v) is 2.94. The molecule has 0 aromatic heterocycles. The van der Waals surface area contributed by atoms with Crippen molar-refractivity contribution in [2.75, 3.05) is 13.2 Å². The van der Waals surface area contributed by atoms with Crippen molar-refractivity contribution in [2.45, 2.75) is 25.8 Å². The molecule has 0 aromatic carbocycles. The Morgan fingerprint density at radius 2 is 2.56 bits per heavy atom. The molecule has 0 amide bonds. The highest BCUT2D eigenvalue weighted by atomic mass is 16.5. The third-order valence-electron chi connectivity index (χ3n) is 1.73.